The molecule has 8 heteroatoms. The van der Waals surface area contributed by atoms with E-state index in [4.69, 9.17) is 0 Å². The number of alkyl halides is 3. The molecule has 0 fully saturated rings. The number of aryl methyl sites for hydroxylation is 1. The molecule has 2 aromatic rings. The van der Waals surface area contributed by atoms with Crippen LogP contribution in [0.25, 0.3) is 0 Å². The zero-order valence-electron chi connectivity index (χ0n) is 17.2. The molecule has 0 unspecified atom stereocenters. The third kappa shape index (κ3) is 7.94. The average molecular weight is 422 g/mol. The maximum absolute atomic E-state index is 12.5. The van der Waals surface area contributed by atoms with E-state index in [1.807, 2.05) is 13.8 Å². The molecule has 0 aliphatic carbocycles. The van der Waals surface area contributed by atoms with Crippen LogP contribution in [0.2, 0.25) is 0 Å². The second-order valence-corrected chi connectivity index (χ2v) is 7.39. The molecule has 5 nitrogen and oxygen atoms in total. The van der Waals surface area contributed by atoms with E-state index in [9.17, 15) is 22.8 Å². The topological polar surface area (TPSA) is 68.3 Å². The quantitative estimate of drug-likeness (QED) is 0.659. The van der Waals surface area contributed by atoms with E-state index in [0.29, 0.717) is 22.5 Å². The molecule has 30 heavy (non-hydrogen) atoms. The zero-order chi connectivity index (χ0) is 22.3. The highest BCUT2D eigenvalue weighted by Gasteiger charge is 2.27. The fourth-order valence-corrected chi connectivity index (χ4v) is 2.66. The Morgan fingerprint density at radius 1 is 1.10 bits per heavy atom. The first-order chi connectivity index (χ1) is 14.0. The summed E-state index contributed by atoms with van der Waals surface area (Å²) in [6.45, 7) is 4.23. The molecule has 0 bridgehead atoms. The normalized spacial score (nSPS) is 11.6. The molecule has 2 rings (SSSR count). The van der Waals surface area contributed by atoms with E-state index >= 15 is 0 Å². The Hall–Kier alpha value is -2.74. The summed E-state index contributed by atoms with van der Waals surface area (Å²) in [5.74, 6) is -0.346. The zero-order valence-corrected chi connectivity index (χ0v) is 17.2. The average Bonchev–Trinajstić information content (AvgIpc) is 2.65. The van der Waals surface area contributed by atoms with Crippen molar-refractivity contribution in [3.8, 4) is 0 Å². The van der Waals surface area contributed by atoms with Gasteiger partial charge in [-0.3, -0.25) is 14.6 Å². The first-order valence-electron chi connectivity index (χ1n) is 9.54. The van der Waals surface area contributed by atoms with Crippen LogP contribution in [0, 0.1) is 12.8 Å². The van der Waals surface area contributed by atoms with Crippen molar-refractivity contribution in [1.29, 1.82) is 0 Å². The minimum Gasteiger partial charge on any atom is -0.367 e. The summed E-state index contributed by atoms with van der Waals surface area (Å²) in [6, 6.07) is 10.0. The first-order valence-corrected chi connectivity index (χ1v) is 9.54. The van der Waals surface area contributed by atoms with Gasteiger partial charge in [0.15, 0.2) is 0 Å². The van der Waals surface area contributed by atoms with Crippen molar-refractivity contribution in [1.82, 2.24) is 10.3 Å². The van der Waals surface area contributed by atoms with Gasteiger partial charge in [-0.05, 0) is 30.2 Å². The number of amides is 1. The van der Waals surface area contributed by atoms with Crippen LogP contribution in [0.3, 0.4) is 0 Å². The standard InChI is InChI=1S/C22H25F3N2O3/c1-14(2)20(28)10-19-9-18(8-15(3)27-19)21(29)26-11-16-4-6-17(7-5-16)12-30-13-22(23,24)25/h4-9,14H,10-13H2,1-3H3,(H,26,29). The van der Waals surface area contributed by atoms with E-state index in [1.165, 1.54) is 0 Å². The summed E-state index contributed by atoms with van der Waals surface area (Å²) >= 11 is 0. The van der Waals surface area contributed by atoms with Gasteiger partial charge >= 0.3 is 6.18 Å². The van der Waals surface area contributed by atoms with E-state index in [2.05, 4.69) is 15.0 Å². The number of nitrogens with zero attached hydrogens (tertiary/aromatic N) is 1. The number of rotatable bonds is 9. The van der Waals surface area contributed by atoms with Crippen LogP contribution in [0.5, 0.6) is 0 Å². The number of carbonyl (C=O) groups excluding carboxylic acids is 2. The third-order valence-corrected chi connectivity index (χ3v) is 4.28. The van der Waals surface area contributed by atoms with Gasteiger partial charge in [0.05, 0.1) is 6.61 Å². The maximum Gasteiger partial charge on any atom is 0.411 e. The number of carbonyl (C=O) groups is 2. The molecule has 1 aromatic carbocycles. The molecular formula is C22H25F3N2O3. The summed E-state index contributed by atoms with van der Waals surface area (Å²) in [6.07, 6.45) is -4.17. The van der Waals surface area contributed by atoms with E-state index in [-0.39, 0.29) is 37.2 Å². The molecule has 1 N–H and O–H groups in total. The van der Waals surface area contributed by atoms with Gasteiger partial charge in [0.1, 0.15) is 12.4 Å². The van der Waals surface area contributed by atoms with Crippen LogP contribution < -0.4 is 5.32 Å². The molecular weight excluding hydrogens is 397 g/mol. The molecule has 0 spiro atoms. The van der Waals surface area contributed by atoms with E-state index in [0.717, 1.165) is 5.56 Å². The van der Waals surface area contributed by atoms with Crippen molar-refractivity contribution in [3.05, 3.63) is 64.5 Å². The number of halogens is 3. The Morgan fingerprint density at radius 2 is 1.73 bits per heavy atom. The summed E-state index contributed by atoms with van der Waals surface area (Å²) in [7, 11) is 0. The molecule has 0 aliphatic rings. The van der Waals surface area contributed by atoms with Crippen molar-refractivity contribution in [3.63, 3.8) is 0 Å². The second kappa shape index (κ2) is 10.3. The highest BCUT2D eigenvalue weighted by molar-refractivity contribution is 5.94. The van der Waals surface area contributed by atoms with Gasteiger partial charge in [-0.25, -0.2) is 0 Å². The monoisotopic (exact) mass is 422 g/mol. The molecule has 0 atom stereocenters. The van der Waals surface area contributed by atoms with Gasteiger partial charge < -0.3 is 10.1 Å². The van der Waals surface area contributed by atoms with Crippen LogP contribution in [-0.4, -0.2) is 29.5 Å². The molecule has 1 amide bonds. The van der Waals surface area contributed by atoms with Crippen LogP contribution in [0.1, 0.15) is 46.7 Å². The SMILES string of the molecule is Cc1cc(C(=O)NCc2ccc(COCC(F)(F)F)cc2)cc(CC(=O)C(C)C)n1. The van der Waals surface area contributed by atoms with Crippen LogP contribution in [-0.2, 0) is 29.1 Å². The molecule has 0 saturated heterocycles. The smallest absolute Gasteiger partial charge is 0.367 e. The number of ether oxygens (including phenoxy) is 1. The largest absolute Gasteiger partial charge is 0.411 e. The lowest BCUT2D eigenvalue weighted by molar-refractivity contribution is -0.176. The molecule has 1 heterocycles. The van der Waals surface area contributed by atoms with Gasteiger partial charge in [0.2, 0.25) is 0 Å². The Morgan fingerprint density at radius 3 is 2.33 bits per heavy atom. The van der Waals surface area contributed by atoms with Gasteiger partial charge in [0, 0.05) is 35.8 Å². The fraction of sp³-hybridized carbons (Fsp3) is 0.409. The first kappa shape index (κ1) is 23.5. The lowest BCUT2D eigenvalue weighted by Crippen LogP contribution is -2.23. The molecule has 0 radical (unpaired) electrons. The number of benzene rings is 1. The predicted molar refractivity (Wildman–Crippen MR) is 106 cm³/mol. The number of hydrogen-bond acceptors (Lipinski definition) is 4. The summed E-state index contributed by atoms with van der Waals surface area (Å²) in [5, 5.41) is 2.80. The van der Waals surface area contributed by atoms with Crippen LogP contribution >= 0.6 is 0 Å². The number of Topliss-reactive ketones (excluding diaryl/α,β-unsaturated/α-hetero) is 1. The number of nitrogens with one attached hydrogen (secondary N) is 1. The molecule has 1 aromatic heterocycles. The highest BCUT2D eigenvalue weighted by Crippen LogP contribution is 2.16. The highest BCUT2D eigenvalue weighted by atomic mass is 19.4. The molecule has 162 valence electrons. The van der Waals surface area contributed by atoms with Crippen molar-refractivity contribution in [2.75, 3.05) is 6.61 Å². The molecule has 0 saturated carbocycles. The minimum absolute atomic E-state index is 0.0544. The van der Waals surface area contributed by atoms with Gasteiger partial charge in [0.25, 0.3) is 5.91 Å². The lowest BCUT2D eigenvalue weighted by atomic mass is 10.0. The summed E-state index contributed by atoms with van der Waals surface area (Å²) < 4.78 is 40.9. The van der Waals surface area contributed by atoms with Gasteiger partial charge in [-0.1, -0.05) is 38.1 Å². The number of ketones is 1. The summed E-state index contributed by atoms with van der Waals surface area (Å²) in [4.78, 5) is 28.8. The van der Waals surface area contributed by atoms with Crippen molar-refractivity contribution >= 4 is 11.7 Å². The predicted octanol–water partition coefficient (Wildman–Crippen LogP) is 4.17. The lowest BCUT2D eigenvalue weighted by Gasteiger charge is -2.10. The maximum atomic E-state index is 12.5. The Bertz CT molecular complexity index is 878. The van der Waals surface area contributed by atoms with Crippen molar-refractivity contribution in [2.24, 2.45) is 5.92 Å². The number of hydrogen-bond donors (Lipinski definition) is 1. The second-order valence-electron chi connectivity index (χ2n) is 7.39. The van der Waals surface area contributed by atoms with E-state index < -0.39 is 12.8 Å². The fourth-order valence-electron chi connectivity index (χ4n) is 2.66. The third-order valence-electron chi connectivity index (χ3n) is 4.28. The molecule has 0 aliphatic heterocycles. The Kier molecular flexibility index (Phi) is 8.11. The van der Waals surface area contributed by atoms with Crippen LogP contribution in [0.4, 0.5) is 13.2 Å². The van der Waals surface area contributed by atoms with Gasteiger partial charge in [-0.15, -0.1) is 0 Å². The van der Waals surface area contributed by atoms with Gasteiger partial charge in [-0.2, -0.15) is 13.2 Å². The number of pyridine rings is 1. The number of aromatic nitrogens is 1. The Labute approximate surface area is 173 Å². The van der Waals surface area contributed by atoms with Crippen molar-refractivity contribution < 1.29 is 27.5 Å². The minimum atomic E-state index is -4.35. The van der Waals surface area contributed by atoms with Crippen molar-refractivity contribution in [2.45, 2.75) is 46.5 Å². The Balaban J connectivity index is 1.92. The van der Waals surface area contributed by atoms with E-state index in [1.54, 1.807) is 43.3 Å². The summed E-state index contributed by atoms with van der Waals surface area (Å²) in [5.41, 5.74) is 3.04. The van der Waals surface area contributed by atoms with Crippen LogP contribution in [0.15, 0.2) is 36.4 Å².